The van der Waals surface area contributed by atoms with Crippen molar-refractivity contribution in [2.75, 3.05) is 5.32 Å². The van der Waals surface area contributed by atoms with Gasteiger partial charge in [0, 0.05) is 16.3 Å². The molecule has 2 amide bonds. The van der Waals surface area contributed by atoms with E-state index >= 15 is 0 Å². The fourth-order valence-corrected chi connectivity index (χ4v) is 3.01. The van der Waals surface area contributed by atoms with Crippen LogP contribution < -0.4 is 10.6 Å². The molecule has 0 radical (unpaired) electrons. The zero-order valence-electron chi connectivity index (χ0n) is 12.2. The molecular weight excluding hydrogens is 322 g/mol. The van der Waals surface area contributed by atoms with Crippen LogP contribution in [0.25, 0.3) is 0 Å². The summed E-state index contributed by atoms with van der Waals surface area (Å²) in [5, 5.41) is 6.15. The van der Waals surface area contributed by atoms with Gasteiger partial charge in [-0.05, 0) is 48.2 Å². The fraction of sp³-hybridized carbons (Fsp3) is 0.235. The summed E-state index contributed by atoms with van der Waals surface area (Å²) in [6.07, 6.45) is -0.923. The molecule has 0 aliphatic heterocycles. The highest BCUT2D eigenvalue weighted by Gasteiger charge is 2.24. The minimum absolute atomic E-state index is 0.0967. The van der Waals surface area contributed by atoms with Gasteiger partial charge in [-0.1, -0.05) is 29.8 Å². The zero-order valence-corrected chi connectivity index (χ0v) is 12.9. The van der Waals surface area contributed by atoms with Gasteiger partial charge in [0.25, 0.3) is 6.43 Å². The lowest BCUT2D eigenvalue weighted by Gasteiger charge is -2.15. The number of rotatable bonds is 3. The third-order valence-corrected chi connectivity index (χ3v) is 4.12. The van der Waals surface area contributed by atoms with Gasteiger partial charge in [0.15, 0.2) is 0 Å². The first-order chi connectivity index (χ1) is 11.0. The molecule has 23 heavy (non-hydrogen) atoms. The third kappa shape index (κ3) is 3.62. The number of nitrogens with one attached hydrogen (secondary N) is 2. The minimum Gasteiger partial charge on any atom is -0.331 e. The summed E-state index contributed by atoms with van der Waals surface area (Å²) in [5.74, 6) is 0. The van der Waals surface area contributed by atoms with Crippen molar-refractivity contribution in [3.05, 3.63) is 64.2 Å². The number of amides is 2. The molecule has 0 heterocycles. The largest absolute Gasteiger partial charge is 0.331 e. The summed E-state index contributed by atoms with van der Waals surface area (Å²) in [7, 11) is 0. The molecule has 0 spiro atoms. The lowest BCUT2D eigenvalue weighted by molar-refractivity contribution is 0.151. The molecule has 0 saturated heterocycles. The summed E-state index contributed by atoms with van der Waals surface area (Å²) in [6, 6.07) is 10.8. The first kappa shape index (κ1) is 15.7. The molecule has 120 valence electrons. The average molecular weight is 337 g/mol. The third-order valence-electron chi connectivity index (χ3n) is 3.88. The summed E-state index contributed by atoms with van der Waals surface area (Å²) in [5.41, 5.74) is 2.40. The maximum atomic E-state index is 12.7. The van der Waals surface area contributed by atoms with Crippen molar-refractivity contribution in [3.8, 4) is 0 Å². The Bertz CT molecular complexity index is 736. The molecule has 3 nitrogen and oxygen atoms in total. The Morgan fingerprint density at radius 1 is 1.22 bits per heavy atom. The van der Waals surface area contributed by atoms with Gasteiger partial charge < -0.3 is 10.6 Å². The minimum atomic E-state index is -2.56. The molecule has 1 aliphatic carbocycles. The van der Waals surface area contributed by atoms with Crippen molar-refractivity contribution in [2.45, 2.75) is 25.3 Å². The number of hydrogen-bond donors (Lipinski definition) is 2. The highest BCUT2D eigenvalue weighted by atomic mass is 35.5. The molecule has 0 bridgehead atoms. The Morgan fingerprint density at radius 3 is 2.83 bits per heavy atom. The van der Waals surface area contributed by atoms with Crippen LogP contribution in [0.1, 0.15) is 35.6 Å². The Morgan fingerprint density at radius 2 is 2.04 bits per heavy atom. The van der Waals surface area contributed by atoms with Crippen LogP contribution in [0, 0.1) is 0 Å². The zero-order chi connectivity index (χ0) is 16.4. The van der Waals surface area contributed by atoms with Gasteiger partial charge in [0.2, 0.25) is 0 Å². The van der Waals surface area contributed by atoms with Crippen molar-refractivity contribution in [2.24, 2.45) is 0 Å². The van der Waals surface area contributed by atoms with E-state index in [1.54, 1.807) is 12.1 Å². The van der Waals surface area contributed by atoms with Crippen LogP contribution in [-0.4, -0.2) is 6.03 Å². The molecule has 0 aromatic heterocycles. The van der Waals surface area contributed by atoms with Gasteiger partial charge >= 0.3 is 6.03 Å². The molecular formula is C17H15ClF2N2O. The Kier molecular flexibility index (Phi) is 4.48. The normalized spacial score (nSPS) is 16.3. The van der Waals surface area contributed by atoms with Gasteiger partial charge in [-0.3, -0.25) is 0 Å². The van der Waals surface area contributed by atoms with Crippen molar-refractivity contribution in [1.82, 2.24) is 5.32 Å². The number of carbonyl (C=O) groups excluding carboxylic acids is 1. The van der Waals surface area contributed by atoms with Gasteiger partial charge in [0.05, 0.1) is 6.04 Å². The van der Waals surface area contributed by atoms with Crippen LogP contribution in [-0.2, 0) is 6.42 Å². The molecule has 2 aromatic rings. The van der Waals surface area contributed by atoms with E-state index in [9.17, 15) is 13.6 Å². The summed E-state index contributed by atoms with van der Waals surface area (Å²) in [4.78, 5) is 12.1. The maximum Gasteiger partial charge on any atom is 0.319 e. The molecule has 1 aliphatic rings. The second-order valence-corrected chi connectivity index (χ2v) is 5.90. The van der Waals surface area contributed by atoms with E-state index in [0.717, 1.165) is 24.0 Å². The van der Waals surface area contributed by atoms with Crippen LogP contribution in [0.4, 0.5) is 19.3 Å². The molecule has 1 unspecified atom stereocenters. The molecule has 0 saturated carbocycles. The van der Waals surface area contributed by atoms with E-state index in [1.165, 1.54) is 18.2 Å². The van der Waals surface area contributed by atoms with E-state index in [1.807, 2.05) is 12.1 Å². The number of hydrogen-bond acceptors (Lipinski definition) is 1. The van der Waals surface area contributed by atoms with Crippen LogP contribution in [0.3, 0.4) is 0 Å². The van der Waals surface area contributed by atoms with Gasteiger partial charge in [-0.2, -0.15) is 0 Å². The van der Waals surface area contributed by atoms with E-state index in [2.05, 4.69) is 10.6 Å². The number of carbonyl (C=O) groups is 1. The molecule has 1 atom stereocenters. The van der Waals surface area contributed by atoms with Gasteiger partial charge in [-0.25, -0.2) is 13.6 Å². The molecule has 2 N–H and O–H groups in total. The van der Waals surface area contributed by atoms with Crippen LogP contribution in [0.5, 0.6) is 0 Å². The van der Waals surface area contributed by atoms with E-state index < -0.39 is 12.5 Å². The molecule has 0 fully saturated rings. The van der Waals surface area contributed by atoms with E-state index in [4.69, 9.17) is 11.6 Å². The van der Waals surface area contributed by atoms with Crippen molar-refractivity contribution in [1.29, 1.82) is 0 Å². The van der Waals surface area contributed by atoms with Gasteiger partial charge in [0.1, 0.15) is 0 Å². The molecule has 2 aromatic carbocycles. The predicted octanol–water partition coefficient (Wildman–Crippen LogP) is 5.09. The Labute approximate surface area is 137 Å². The number of urea groups is 1. The van der Waals surface area contributed by atoms with Crippen LogP contribution >= 0.6 is 11.6 Å². The number of benzene rings is 2. The fourth-order valence-electron chi connectivity index (χ4n) is 2.81. The summed E-state index contributed by atoms with van der Waals surface area (Å²) in [6.45, 7) is 0. The number of fused-ring (bicyclic) bond motifs is 1. The quantitative estimate of drug-likeness (QED) is 0.805. The predicted molar refractivity (Wildman–Crippen MR) is 86.1 cm³/mol. The lowest BCUT2D eigenvalue weighted by Crippen LogP contribution is -2.31. The smallest absolute Gasteiger partial charge is 0.319 e. The van der Waals surface area contributed by atoms with Crippen molar-refractivity contribution < 1.29 is 13.6 Å². The Hall–Kier alpha value is -2.14. The lowest BCUT2D eigenvalue weighted by atomic mass is 10.1. The topological polar surface area (TPSA) is 41.1 Å². The van der Waals surface area contributed by atoms with Crippen molar-refractivity contribution in [3.63, 3.8) is 0 Å². The summed E-state index contributed by atoms with van der Waals surface area (Å²) < 4.78 is 25.3. The summed E-state index contributed by atoms with van der Waals surface area (Å²) >= 11 is 5.96. The maximum absolute atomic E-state index is 12.7. The first-order valence-electron chi connectivity index (χ1n) is 7.27. The van der Waals surface area contributed by atoms with Gasteiger partial charge in [-0.15, -0.1) is 0 Å². The van der Waals surface area contributed by atoms with Crippen LogP contribution in [0.15, 0.2) is 42.5 Å². The highest BCUT2D eigenvalue weighted by molar-refractivity contribution is 6.30. The van der Waals surface area contributed by atoms with Crippen molar-refractivity contribution >= 4 is 23.3 Å². The Balaban J connectivity index is 1.66. The standard InChI is InChI=1S/C17H15ClF2N2O/c18-12-5-6-14-10(8-12)4-7-15(14)22-17(23)21-13-3-1-2-11(9-13)16(19)20/h1-3,5-6,8-9,15-16H,4,7H2,(H2,21,22,23). The number of anilines is 1. The van der Waals surface area contributed by atoms with E-state index in [0.29, 0.717) is 10.7 Å². The molecule has 3 rings (SSSR count). The van der Waals surface area contributed by atoms with E-state index in [-0.39, 0.29) is 11.6 Å². The average Bonchev–Trinajstić information content (AvgIpc) is 2.89. The number of halogens is 3. The number of alkyl halides is 2. The second kappa shape index (κ2) is 6.54. The first-order valence-corrected chi connectivity index (χ1v) is 7.64. The van der Waals surface area contributed by atoms with Crippen LogP contribution in [0.2, 0.25) is 5.02 Å². The number of aryl methyl sites for hydroxylation is 1. The molecule has 6 heteroatoms. The highest BCUT2D eigenvalue weighted by Crippen LogP contribution is 2.32. The monoisotopic (exact) mass is 336 g/mol. The second-order valence-electron chi connectivity index (χ2n) is 5.46. The SMILES string of the molecule is O=C(Nc1cccc(C(F)F)c1)NC1CCc2cc(Cl)ccc21.